The Morgan fingerprint density at radius 1 is 1.21 bits per heavy atom. The third-order valence-corrected chi connectivity index (χ3v) is 3.22. The fourth-order valence-corrected chi connectivity index (χ4v) is 2.05. The molecule has 0 bridgehead atoms. The molecule has 1 N–H and O–H groups in total. The van der Waals surface area contributed by atoms with Gasteiger partial charge < -0.3 is 10.1 Å². The van der Waals surface area contributed by atoms with Gasteiger partial charge in [0.1, 0.15) is 5.69 Å². The SMILES string of the molecule is COCCNC(=O)c1ccn(Cn2nnc(-c3ccccc3)n2)n1. The zero-order valence-corrected chi connectivity index (χ0v) is 13.2. The lowest BCUT2D eigenvalue weighted by atomic mass is 10.2. The average molecular weight is 327 g/mol. The zero-order valence-electron chi connectivity index (χ0n) is 13.2. The lowest BCUT2D eigenvalue weighted by Crippen LogP contribution is -2.27. The second-order valence-corrected chi connectivity index (χ2v) is 4.98. The number of amides is 1. The molecule has 0 saturated carbocycles. The number of methoxy groups -OCH3 is 1. The summed E-state index contributed by atoms with van der Waals surface area (Å²) >= 11 is 0. The van der Waals surface area contributed by atoms with E-state index in [1.54, 1.807) is 24.1 Å². The highest BCUT2D eigenvalue weighted by Crippen LogP contribution is 2.11. The van der Waals surface area contributed by atoms with Gasteiger partial charge in [-0.15, -0.1) is 15.0 Å². The number of carbonyl (C=O) groups is 1. The van der Waals surface area contributed by atoms with Crippen LogP contribution in [0.4, 0.5) is 0 Å². The highest BCUT2D eigenvalue weighted by atomic mass is 16.5. The van der Waals surface area contributed by atoms with Gasteiger partial charge in [-0.2, -0.15) is 5.10 Å². The van der Waals surface area contributed by atoms with E-state index in [-0.39, 0.29) is 12.6 Å². The highest BCUT2D eigenvalue weighted by molar-refractivity contribution is 5.92. The minimum Gasteiger partial charge on any atom is -0.383 e. The van der Waals surface area contributed by atoms with Crippen molar-refractivity contribution in [2.45, 2.75) is 6.67 Å². The van der Waals surface area contributed by atoms with Crippen LogP contribution in [-0.4, -0.2) is 56.2 Å². The second-order valence-electron chi connectivity index (χ2n) is 4.98. The fourth-order valence-electron chi connectivity index (χ4n) is 2.05. The van der Waals surface area contributed by atoms with E-state index in [0.717, 1.165) is 5.56 Å². The summed E-state index contributed by atoms with van der Waals surface area (Å²) in [7, 11) is 1.58. The minimum absolute atomic E-state index is 0.248. The van der Waals surface area contributed by atoms with Crippen molar-refractivity contribution >= 4 is 5.91 Å². The Hall–Kier alpha value is -3.07. The Morgan fingerprint density at radius 2 is 2.04 bits per heavy atom. The van der Waals surface area contributed by atoms with Crippen molar-refractivity contribution in [2.75, 3.05) is 20.3 Å². The number of hydrogen-bond donors (Lipinski definition) is 1. The molecule has 0 unspecified atom stereocenters. The van der Waals surface area contributed by atoms with Gasteiger partial charge in [0, 0.05) is 25.4 Å². The number of carbonyl (C=O) groups excluding carboxylic acids is 1. The molecule has 0 aliphatic carbocycles. The maximum Gasteiger partial charge on any atom is 0.271 e. The van der Waals surface area contributed by atoms with Gasteiger partial charge >= 0.3 is 0 Å². The number of rotatable bonds is 7. The molecule has 9 heteroatoms. The summed E-state index contributed by atoms with van der Waals surface area (Å²) in [4.78, 5) is 13.3. The van der Waals surface area contributed by atoms with Crippen molar-refractivity contribution in [3.63, 3.8) is 0 Å². The third-order valence-electron chi connectivity index (χ3n) is 3.22. The quantitative estimate of drug-likeness (QED) is 0.631. The molecule has 0 aliphatic rings. The lowest BCUT2D eigenvalue weighted by Gasteiger charge is -2.02. The summed E-state index contributed by atoms with van der Waals surface area (Å²) in [6.45, 7) is 1.16. The van der Waals surface area contributed by atoms with Crippen LogP contribution in [0.3, 0.4) is 0 Å². The largest absolute Gasteiger partial charge is 0.383 e. The fraction of sp³-hybridized carbons (Fsp3) is 0.267. The first kappa shape index (κ1) is 15.8. The summed E-state index contributed by atoms with van der Waals surface area (Å²) in [5, 5.41) is 19.2. The van der Waals surface area contributed by atoms with Gasteiger partial charge in [0.05, 0.1) is 6.61 Å². The Morgan fingerprint density at radius 3 is 2.83 bits per heavy atom. The van der Waals surface area contributed by atoms with E-state index in [1.165, 1.54) is 4.80 Å². The van der Waals surface area contributed by atoms with E-state index in [2.05, 4.69) is 25.8 Å². The van der Waals surface area contributed by atoms with Crippen LogP contribution in [0, 0.1) is 0 Å². The van der Waals surface area contributed by atoms with Gasteiger partial charge in [0.2, 0.25) is 5.82 Å². The molecule has 1 amide bonds. The molecule has 1 aromatic carbocycles. The number of hydrogen-bond acceptors (Lipinski definition) is 6. The van der Waals surface area contributed by atoms with Crippen molar-refractivity contribution in [3.05, 3.63) is 48.3 Å². The summed E-state index contributed by atoms with van der Waals surface area (Å²) < 4.78 is 6.46. The Bertz CT molecular complexity index is 797. The number of aromatic nitrogens is 6. The van der Waals surface area contributed by atoms with Crippen molar-refractivity contribution < 1.29 is 9.53 Å². The lowest BCUT2D eigenvalue weighted by molar-refractivity contribution is 0.0931. The van der Waals surface area contributed by atoms with E-state index < -0.39 is 0 Å². The van der Waals surface area contributed by atoms with E-state index in [0.29, 0.717) is 24.7 Å². The van der Waals surface area contributed by atoms with Gasteiger partial charge in [-0.1, -0.05) is 30.3 Å². The van der Waals surface area contributed by atoms with E-state index in [9.17, 15) is 4.79 Å². The maximum atomic E-state index is 11.9. The molecule has 2 aromatic heterocycles. The molecule has 0 radical (unpaired) electrons. The van der Waals surface area contributed by atoms with E-state index in [1.807, 2.05) is 30.3 Å². The molecule has 3 rings (SSSR count). The molecular weight excluding hydrogens is 310 g/mol. The number of nitrogens with one attached hydrogen (secondary N) is 1. The molecular formula is C15H17N7O2. The number of ether oxygens (including phenoxy) is 1. The number of tetrazole rings is 1. The van der Waals surface area contributed by atoms with Crippen molar-refractivity contribution in [1.82, 2.24) is 35.3 Å². The smallest absolute Gasteiger partial charge is 0.271 e. The van der Waals surface area contributed by atoms with E-state index in [4.69, 9.17) is 4.74 Å². The van der Waals surface area contributed by atoms with Crippen molar-refractivity contribution in [1.29, 1.82) is 0 Å². The normalized spacial score (nSPS) is 10.7. The first-order valence-electron chi connectivity index (χ1n) is 7.40. The predicted molar refractivity (Wildman–Crippen MR) is 85.1 cm³/mol. The molecule has 0 fully saturated rings. The topological polar surface area (TPSA) is 99.8 Å². The van der Waals surface area contributed by atoms with Crippen LogP contribution in [-0.2, 0) is 11.4 Å². The van der Waals surface area contributed by atoms with Crippen molar-refractivity contribution in [3.8, 4) is 11.4 Å². The molecule has 0 atom stereocenters. The first-order chi connectivity index (χ1) is 11.8. The summed E-state index contributed by atoms with van der Waals surface area (Å²) in [5.74, 6) is 0.294. The van der Waals surface area contributed by atoms with Crippen LogP contribution in [0.2, 0.25) is 0 Å². The van der Waals surface area contributed by atoms with Crippen LogP contribution in [0.1, 0.15) is 10.5 Å². The van der Waals surface area contributed by atoms with E-state index >= 15 is 0 Å². The molecule has 124 valence electrons. The molecule has 0 aliphatic heterocycles. The molecule has 9 nitrogen and oxygen atoms in total. The van der Waals surface area contributed by atoms with Crippen molar-refractivity contribution in [2.24, 2.45) is 0 Å². The average Bonchev–Trinajstić information content (AvgIpc) is 3.26. The van der Waals surface area contributed by atoms with Crippen LogP contribution >= 0.6 is 0 Å². The maximum absolute atomic E-state index is 11.9. The van der Waals surface area contributed by atoms with Crippen LogP contribution in [0.15, 0.2) is 42.6 Å². The molecule has 0 saturated heterocycles. The first-order valence-corrected chi connectivity index (χ1v) is 7.40. The second kappa shape index (κ2) is 7.47. The molecule has 3 aromatic rings. The number of nitrogens with zero attached hydrogens (tertiary/aromatic N) is 6. The molecule has 24 heavy (non-hydrogen) atoms. The standard InChI is InChI=1S/C15H17N7O2/c1-24-10-8-16-15(23)13-7-9-21(18-13)11-22-19-14(17-20-22)12-5-3-2-4-6-12/h2-7,9H,8,10-11H2,1H3,(H,16,23). The van der Waals surface area contributed by atoms with Gasteiger partial charge in [-0.05, 0) is 11.3 Å². The Labute approximate surface area is 138 Å². The monoisotopic (exact) mass is 327 g/mol. The van der Waals surface area contributed by atoms with Gasteiger partial charge in [-0.25, -0.2) is 4.68 Å². The van der Waals surface area contributed by atoms with Gasteiger partial charge in [0.15, 0.2) is 6.67 Å². The highest BCUT2D eigenvalue weighted by Gasteiger charge is 2.10. The van der Waals surface area contributed by atoms with Crippen LogP contribution in [0.25, 0.3) is 11.4 Å². The Balaban J connectivity index is 1.63. The van der Waals surface area contributed by atoms with Crippen LogP contribution in [0.5, 0.6) is 0 Å². The summed E-state index contributed by atoms with van der Waals surface area (Å²) in [6, 6.07) is 11.2. The summed E-state index contributed by atoms with van der Waals surface area (Å²) in [5.41, 5.74) is 1.22. The summed E-state index contributed by atoms with van der Waals surface area (Å²) in [6.07, 6.45) is 1.69. The van der Waals surface area contributed by atoms with Crippen LogP contribution < -0.4 is 5.32 Å². The van der Waals surface area contributed by atoms with Gasteiger partial charge in [-0.3, -0.25) is 4.79 Å². The minimum atomic E-state index is -0.248. The predicted octanol–water partition coefficient (Wildman–Crippen LogP) is 0.419. The zero-order chi connectivity index (χ0) is 16.8. The molecule has 2 heterocycles. The molecule has 0 spiro atoms. The third kappa shape index (κ3) is 3.82. The Kier molecular flexibility index (Phi) is 4.92. The van der Waals surface area contributed by atoms with Gasteiger partial charge in [0.25, 0.3) is 5.91 Å². The number of benzene rings is 1.